The Hall–Kier alpha value is -0.410. The van der Waals surface area contributed by atoms with Crippen LogP contribution < -0.4 is 0 Å². The van der Waals surface area contributed by atoms with Crippen molar-refractivity contribution in [3.63, 3.8) is 0 Å². The molecule has 0 heterocycles. The van der Waals surface area contributed by atoms with Gasteiger partial charge in [0.25, 0.3) is 0 Å². The predicted octanol–water partition coefficient (Wildman–Crippen LogP) is 3.92. The third-order valence-electron chi connectivity index (χ3n) is 9.45. The van der Waals surface area contributed by atoms with Crippen LogP contribution in [0.15, 0.2) is 0 Å². The summed E-state index contributed by atoms with van der Waals surface area (Å²) >= 11 is 0. The summed E-state index contributed by atoms with van der Waals surface area (Å²) in [5.74, 6) is 0.250. The molecule has 7 atom stereocenters. The minimum atomic E-state index is -2.12. The fourth-order valence-corrected chi connectivity index (χ4v) is 7.98. The first-order chi connectivity index (χ1) is 11.3. The first-order valence-corrected chi connectivity index (χ1v) is 10.2. The van der Waals surface area contributed by atoms with Crippen molar-refractivity contribution in [3.05, 3.63) is 0 Å². The smallest absolute Gasteiger partial charge is 0.230 e. The van der Waals surface area contributed by atoms with Gasteiger partial charge in [-0.25, -0.2) is 0 Å². The molecule has 4 rings (SSSR count). The number of fused-ring (bicyclic) bond motifs is 5. The van der Waals surface area contributed by atoms with Crippen LogP contribution in [0.3, 0.4) is 0 Å². The Morgan fingerprint density at radius 2 is 1.75 bits per heavy atom. The minimum Gasteiger partial charge on any atom is -0.359 e. The average Bonchev–Trinajstić information content (AvgIpc) is 2.89. The van der Waals surface area contributed by atoms with E-state index in [9.17, 15) is 15.0 Å². The summed E-state index contributed by atoms with van der Waals surface area (Å²) in [7, 11) is 0. The van der Waals surface area contributed by atoms with Crippen molar-refractivity contribution in [3.8, 4) is 0 Å². The molecule has 4 saturated carbocycles. The van der Waals surface area contributed by atoms with Crippen molar-refractivity contribution >= 4 is 5.78 Å². The lowest BCUT2D eigenvalue weighted by molar-refractivity contribution is -0.288. The Balaban J connectivity index is 1.71. The van der Waals surface area contributed by atoms with Crippen LogP contribution in [0.2, 0.25) is 0 Å². The molecule has 4 fully saturated rings. The Morgan fingerprint density at radius 1 is 1.00 bits per heavy atom. The third-order valence-corrected chi connectivity index (χ3v) is 9.45. The first kappa shape index (κ1) is 17.0. The Kier molecular flexibility index (Phi) is 3.76. The average molecular weight is 335 g/mol. The standard InChI is InChI=1S/C21H34O3/c1-4-13-6-9-16-15-8-5-14-7-10-18(22)21(23,24)20(14,3)17(15)11-12-19(13,16)2/h13-17,23-24H,4-12H2,1-3H3/t13-,14-,15-,16-,17-,19+,20-/m0/s1. The first-order valence-electron chi connectivity index (χ1n) is 10.2. The highest BCUT2D eigenvalue weighted by Gasteiger charge is 2.67. The molecule has 24 heavy (non-hydrogen) atoms. The number of hydrogen-bond acceptors (Lipinski definition) is 3. The molecule has 0 unspecified atom stereocenters. The van der Waals surface area contributed by atoms with E-state index in [-0.39, 0.29) is 5.78 Å². The summed E-state index contributed by atoms with van der Waals surface area (Å²) in [5, 5.41) is 21.7. The highest BCUT2D eigenvalue weighted by molar-refractivity contribution is 5.87. The van der Waals surface area contributed by atoms with Crippen LogP contribution in [-0.4, -0.2) is 21.8 Å². The van der Waals surface area contributed by atoms with E-state index >= 15 is 0 Å². The summed E-state index contributed by atoms with van der Waals surface area (Å²) in [6.45, 7) is 6.86. The van der Waals surface area contributed by atoms with Crippen LogP contribution in [0.5, 0.6) is 0 Å². The lowest BCUT2D eigenvalue weighted by atomic mass is 9.43. The molecule has 0 aromatic heterocycles. The van der Waals surface area contributed by atoms with Crippen molar-refractivity contribution < 1.29 is 15.0 Å². The minimum absolute atomic E-state index is 0.291. The van der Waals surface area contributed by atoms with Gasteiger partial charge in [-0.3, -0.25) is 4.79 Å². The molecule has 4 aliphatic carbocycles. The van der Waals surface area contributed by atoms with Crippen LogP contribution >= 0.6 is 0 Å². The number of aliphatic hydroxyl groups is 2. The summed E-state index contributed by atoms with van der Waals surface area (Å²) in [6, 6.07) is 0. The molecule has 0 spiro atoms. The number of ketones is 1. The monoisotopic (exact) mass is 334 g/mol. The van der Waals surface area contributed by atoms with Gasteiger partial charge in [0.15, 0.2) is 5.78 Å². The van der Waals surface area contributed by atoms with Crippen molar-refractivity contribution in [2.24, 2.45) is 40.4 Å². The van der Waals surface area contributed by atoms with Crippen molar-refractivity contribution in [2.75, 3.05) is 0 Å². The Morgan fingerprint density at radius 3 is 2.46 bits per heavy atom. The van der Waals surface area contributed by atoms with Gasteiger partial charge >= 0.3 is 0 Å². The number of carbonyl (C=O) groups excluding carboxylic acids is 1. The Labute approximate surface area is 146 Å². The second-order valence-electron chi connectivity index (χ2n) is 9.79. The second kappa shape index (κ2) is 5.30. The molecule has 3 heteroatoms. The van der Waals surface area contributed by atoms with E-state index in [0.29, 0.717) is 35.5 Å². The molecular weight excluding hydrogens is 300 g/mol. The zero-order valence-corrected chi connectivity index (χ0v) is 15.6. The zero-order chi connectivity index (χ0) is 17.3. The molecule has 0 bridgehead atoms. The van der Waals surface area contributed by atoms with Crippen LogP contribution in [-0.2, 0) is 4.79 Å². The highest BCUT2D eigenvalue weighted by Crippen LogP contribution is 2.68. The van der Waals surface area contributed by atoms with Gasteiger partial charge in [-0.05, 0) is 80.0 Å². The maximum absolute atomic E-state index is 12.3. The molecule has 4 aliphatic rings. The maximum atomic E-state index is 12.3. The summed E-state index contributed by atoms with van der Waals surface area (Å²) in [5.41, 5.74) is -0.206. The van der Waals surface area contributed by atoms with Crippen molar-refractivity contribution in [1.29, 1.82) is 0 Å². The summed E-state index contributed by atoms with van der Waals surface area (Å²) < 4.78 is 0. The van der Waals surface area contributed by atoms with Gasteiger partial charge in [0.2, 0.25) is 5.79 Å². The molecule has 0 radical (unpaired) electrons. The largest absolute Gasteiger partial charge is 0.359 e. The van der Waals surface area contributed by atoms with E-state index in [4.69, 9.17) is 0 Å². The molecule has 136 valence electrons. The van der Waals surface area contributed by atoms with Crippen molar-refractivity contribution in [2.45, 2.75) is 84.3 Å². The van der Waals surface area contributed by atoms with Crippen LogP contribution in [0.25, 0.3) is 0 Å². The number of rotatable bonds is 1. The van der Waals surface area contributed by atoms with E-state index in [0.717, 1.165) is 25.2 Å². The van der Waals surface area contributed by atoms with Gasteiger partial charge in [-0.15, -0.1) is 0 Å². The number of carbonyl (C=O) groups is 1. The van der Waals surface area contributed by atoms with E-state index in [1.54, 1.807) is 0 Å². The van der Waals surface area contributed by atoms with Crippen LogP contribution in [0.1, 0.15) is 78.6 Å². The number of Topliss-reactive ketones (excluding diaryl/α,β-unsaturated/α-hetero) is 1. The van der Waals surface area contributed by atoms with E-state index in [1.165, 1.54) is 32.1 Å². The van der Waals surface area contributed by atoms with Gasteiger partial charge in [0.05, 0.1) is 0 Å². The molecule has 3 nitrogen and oxygen atoms in total. The second-order valence-corrected chi connectivity index (χ2v) is 9.79. The van der Waals surface area contributed by atoms with Crippen molar-refractivity contribution in [1.82, 2.24) is 0 Å². The Bertz CT molecular complexity index is 541. The highest BCUT2D eigenvalue weighted by atomic mass is 16.5. The molecule has 0 aliphatic heterocycles. The third kappa shape index (κ3) is 1.89. The fraction of sp³-hybridized carbons (Fsp3) is 0.952. The molecular formula is C21H34O3. The summed E-state index contributed by atoms with van der Waals surface area (Å²) in [4.78, 5) is 12.3. The normalized spacial score (nSPS) is 53.2. The fourth-order valence-electron chi connectivity index (χ4n) is 7.98. The molecule has 0 aromatic carbocycles. The van der Waals surface area contributed by atoms with Gasteiger partial charge < -0.3 is 10.2 Å². The SMILES string of the molecule is CC[C@H]1CC[C@H]2[C@@H]3CC[C@H]4CCC(=O)C(O)(O)[C@]4(C)[C@H]3CC[C@]12C. The van der Waals surface area contributed by atoms with Crippen LogP contribution in [0.4, 0.5) is 0 Å². The maximum Gasteiger partial charge on any atom is 0.230 e. The molecule has 0 amide bonds. The molecule has 0 aromatic rings. The number of hydrogen-bond donors (Lipinski definition) is 2. The quantitative estimate of drug-likeness (QED) is 0.715. The summed E-state index contributed by atoms with van der Waals surface area (Å²) in [6.07, 6.45) is 9.65. The van der Waals surface area contributed by atoms with Gasteiger partial charge in [-0.1, -0.05) is 27.2 Å². The predicted molar refractivity (Wildman–Crippen MR) is 93.1 cm³/mol. The van der Waals surface area contributed by atoms with Gasteiger partial charge in [0, 0.05) is 11.8 Å². The topological polar surface area (TPSA) is 57.5 Å². The van der Waals surface area contributed by atoms with Crippen LogP contribution in [0, 0.1) is 40.4 Å². The molecule has 0 saturated heterocycles. The lowest BCUT2D eigenvalue weighted by Crippen LogP contribution is -2.66. The van der Waals surface area contributed by atoms with E-state index < -0.39 is 11.2 Å². The zero-order valence-electron chi connectivity index (χ0n) is 15.6. The van der Waals surface area contributed by atoms with Gasteiger partial charge in [-0.2, -0.15) is 0 Å². The molecule has 2 N–H and O–H groups in total. The van der Waals surface area contributed by atoms with E-state index in [1.807, 2.05) is 6.92 Å². The van der Waals surface area contributed by atoms with Gasteiger partial charge in [0.1, 0.15) is 0 Å². The van der Waals surface area contributed by atoms with E-state index in [2.05, 4.69) is 13.8 Å². The lowest BCUT2D eigenvalue weighted by Gasteiger charge is -2.63.